The van der Waals surface area contributed by atoms with Crippen molar-refractivity contribution in [3.8, 4) is 0 Å². The maximum Gasteiger partial charge on any atom is 0.325 e. The van der Waals surface area contributed by atoms with E-state index in [1.54, 1.807) is 6.92 Å². The Morgan fingerprint density at radius 3 is 2.72 bits per heavy atom. The number of nitrogens with zero attached hydrogens (tertiary/aromatic N) is 1. The highest BCUT2D eigenvalue weighted by atomic mass is 16.2. The molecule has 2 fully saturated rings. The van der Waals surface area contributed by atoms with E-state index in [1.165, 1.54) is 5.56 Å². The summed E-state index contributed by atoms with van der Waals surface area (Å²) in [4.78, 5) is 43.0. The minimum Gasteiger partial charge on any atom is -0.342 e. The fraction of sp³-hybridized carbons (Fsp3) is 0.476. The van der Waals surface area contributed by atoms with Crippen LogP contribution in [0.15, 0.2) is 39.9 Å². The minimum atomic E-state index is -0.548. The monoisotopic (exact) mass is 397 g/mol. The Morgan fingerprint density at radius 1 is 1.17 bits per heavy atom. The summed E-state index contributed by atoms with van der Waals surface area (Å²) in [6.45, 7) is 3.88. The summed E-state index contributed by atoms with van der Waals surface area (Å²) in [5, 5.41) is 0. The summed E-state index contributed by atoms with van der Waals surface area (Å²) in [6, 6.07) is 10.7. The van der Waals surface area contributed by atoms with Crippen LogP contribution in [-0.2, 0) is 11.2 Å². The van der Waals surface area contributed by atoms with Crippen LogP contribution in [0.5, 0.6) is 0 Å². The zero-order valence-corrected chi connectivity index (χ0v) is 16.5. The lowest BCUT2D eigenvalue weighted by Gasteiger charge is -2.37. The summed E-state index contributed by atoms with van der Waals surface area (Å²) in [5.74, 6) is 0.626. The minimum absolute atomic E-state index is 0.00310. The van der Waals surface area contributed by atoms with Crippen molar-refractivity contribution in [2.75, 3.05) is 19.6 Å². The zero-order chi connectivity index (χ0) is 20.4. The lowest BCUT2D eigenvalue weighted by molar-refractivity contribution is -0.132. The molecule has 29 heavy (non-hydrogen) atoms. The number of H-pyrrole nitrogens is 2. The van der Waals surface area contributed by atoms with Gasteiger partial charge in [-0.2, -0.15) is 0 Å². The van der Waals surface area contributed by atoms with E-state index in [9.17, 15) is 14.4 Å². The van der Waals surface area contributed by atoms with Crippen molar-refractivity contribution in [3.05, 3.63) is 68.0 Å². The average Bonchev–Trinajstić information content (AvgIpc) is 3.21. The highest BCUT2D eigenvalue weighted by molar-refractivity contribution is 5.79. The number of aromatic amines is 2. The Kier molecular flexibility index (Phi) is 5.64. The SMILES string of the molecule is Cc1[nH]c(=O)[nH]c(=O)c1CC(=O)N1CCCC(C2NNCC2c2ccccc2)C1. The Morgan fingerprint density at radius 2 is 1.97 bits per heavy atom. The number of amides is 1. The number of aromatic nitrogens is 2. The van der Waals surface area contributed by atoms with E-state index in [1.807, 2.05) is 11.0 Å². The Bertz CT molecular complexity index is 984. The fourth-order valence-corrected chi connectivity index (χ4v) is 4.62. The molecule has 4 rings (SSSR count). The standard InChI is InChI=1S/C21H27N5O3/c1-13-16(20(28)24-21(29)23-13)10-18(27)26-9-5-8-15(12-26)19-17(11-22-25-19)14-6-3-2-4-7-14/h2-4,6-7,15,17,19,22,25H,5,8-12H2,1H3,(H2,23,24,28,29). The Balaban J connectivity index is 1.46. The van der Waals surface area contributed by atoms with E-state index in [0.29, 0.717) is 36.2 Å². The first kappa shape index (κ1) is 19.6. The molecule has 154 valence electrons. The van der Waals surface area contributed by atoms with Crippen molar-refractivity contribution in [2.24, 2.45) is 5.92 Å². The summed E-state index contributed by atoms with van der Waals surface area (Å²) < 4.78 is 0. The quantitative estimate of drug-likeness (QED) is 0.598. The maximum atomic E-state index is 12.9. The van der Waals surface area contributed by atoms with Crippen molar-refractivity contribution in [1.29, 1.82) is 0 Å². The van der Waals surface area contributed by atoms with Gasteiger partial charge in [0.1, 0.15) is 0 Å². The number of hydrazine groups is 1. The van der Waals surface area contributed by atoms with Crippen LogP contribution in [-0.4, -0.2) is 46.5 Å². The third-order valence-electron chi connectivity index (χ3n) is 6.15. The van der Waals surface area contributed by atoms with Gasteiger partial charge in [-0.3, -0.25) is 25.4 Å². The molecule has 0 spiro atoms. The lowest BCUT2D eigenvalue weighted by atomic mass is 9.81. The number of likely N-dealkylation sites (tertiary alicyclic amines) is 1. The zero-order valence-electron chi connectivity index (χ0n) is 16.5. The van der Waals surface area contributed by atoms with E-state index < -0.39 is 11.2 Å². The summed E-state index contributed by atoms with van der Waals surface area (Å²) in [6.07, 6.45) is 2.00. The third-order valence-corrected chi connectivity index (χ3v) is 6.15. The first-order valence-electron chi connectivity index (χ1n) is 10.2. The number of aryl methyl sites for hydroxylation is 1. The molecule has 2 aliphatic rings. The molecule has 0 saturated carbocycles. The van der Waals surface area contributed by atoms with Crippen LogP contribution in [0, 0.1) is 12.8 Å². The van der Waals surface area contributed by atoms with Gasteiger partial charge >= 0.3 is 5.69 Å². The molecule has 0 radical (unpaired) electrons. The number of piperidine rings is 1. The van der Waals surface area contributed by atoms with Gasteiger partial charge in [-0.05, 0) is 31.2 Å². The van der Waals surface area contributed by atoms with Crippen molar-refractivity contribution in [1.82, 2.24) is 25.7 Å². The van der Waals surface area contributed by atoms with Gasteiger partial charge in [0.05, 0.1) is 6.42 Å². The normalized spacial score (nSPS) is 24.6. The van der Waals surface area contributed by atoms with Gasteiger partial charge in [0.15, 0.2) is 0 Å². The molecule has 3 heterocycles. The number of carbonyl (C=O) groups is 1. The molecule has 0 aliphatic carbocycles. The van der Waals surface area contributed by atoms with Crippen LogP contribution in [0.1, 0.15) is 35.6 Å². The van der Waals surface area contributed by atoms with E-state index >= 15 is 0 Å². The largest absolute Gasteiger partial charge is 0.342 e. The van der Waals surface area contributed by atoms with Crippen LogP contribution in [0.3, 0.4) is 0 Å². The molecular weight excluding hydrogens is 370 g/mol. The van der Waals surface area contributed by atoms with Crippen LogP contribution < -0.4 is 22.1 Å². The number of benzene rings is 1. The average molecular weight is 397 g/mol. The summed E-state index contributed by atoms with van der Waals surface area (Å²) in [7, 11) is 0. The first-order chi connectivity index (χ1) is 14.0. The number of rotatable bonds is 4. The number of carbonyl (C=O) groups excluding carboxylic acids is 1. The summed E-state index contributed by atoms with van der Waals surface area (Å²) in [5.41, 5.74) is 7.76. The number of nitrogens with one attached hydrogen (secondary N) is 4. The van der Waals surface area contributed by atoms with Gasteiger partial charge in [0.2, 0.25) is 5.91 Å². The molecule has 3 atom stereocenters. The van der Waals surface area contributed by atoms with Gasteiger partial charge in [-0.15, -0.1) is 0 Å². The third kappa shape index (κ3) is 4.18. The summed E-state index contributed by atoms with van der Waals surface area (Å²) >= 11 is 0. The second kappa shape index (κ2) is 8.34. The van der Waals surface area contributed by atoms with Gasteiger partial charge < -0.3 is 9.88 Å². The van der Waals surface area contributed by atoms with Gasteiger partial charge in [-0.1, -0.05) is 30.3 Å². The van der Waals surface area contributed by atoms with E-state index in [0.717, 1.165) is 19.4 Å². The van der Waals surface area contributed by atoms with Crippen LogP contribution in [0.2, 0.25) is 0 Å². The molecule has 1 aromatic heterocycles. The fourth-order valence-electron chi connectivity index (χ4n) is 4.62. The second-order valence-corrected chi connectivity index (χ2v) is 8.00. The Hall–Kier alpha value is -2.71. The van der Waals surface area contributed by atoms with E-state index in [-0.39, 0.29) is 18.4 Å². The molecule has 2 saturated heterocycles. The predicted molar refractivity (Wildman–Crippen MR) is 110 cm³/mol. The molecule has 3 unspecified atom stereocenters. The van der Waals surface area contributed by atoms with Crippen molar-refractivity contribution in [3.63, 3.8) is 0 Å². The van der Waals surface area contributed by atoms with Crippen molar-refractivity contribution < 1.29 is 4.79 Å². The molecular formula is C21H27N5O3. The first-order valence-corrected chi connectivity index (χ1v) is 10.2. The van der Waals surface area contributed by atoms with Crippen LogP contribution in [0.25, 0.3) is 0 Å². The topological polar surface area (TPSA) is 110 Å². The van der Waals surface area contributed by atoms with Gasteiger partial charge in [-0.25, -0.2) is 4.79 Å². The number of hydrogen-bond donors (Lipinski definition) is 4. The highest BCUT2D eigenvalue weighted by Crippen LogP contribution is 2.31. The molecule has 1 amide bonds. The predicted octanol–water partition coefficient (Wildman–Crippen LogP) is 0.413. The molecule has 0 bridgehead atoms. The van der Waals surface area contributed by atoms with Crippen LogP contribution in [0.4, 0.5) is 0 Å². The smallest absolute Gasteiger partial charge is 0.325 e. The van der Waals surface area contributed by atoms with Gasteiger partial charge in [0, 0.05) is 42.9 Å². The highest BCUT2D eigenvalue weighted by Gasteiger charge is 2.37. The van der Waals surface area contributed by atoms with E-state index in [2.05, 4.69) is 45.1 Å². The van der Waals surface area contributed by atoms with Crippen LogP contribution >= 0.6 is 0 Å². The maximum absolute atomic E-state index is 12.9. The number of hydrogen-bond acceptors (Lipinski definition) is 5. The van der Waals surface area contributed by atoms with Crippen molar-refractivity contribution in [2.45, 2.75) is 38.1 Å². The molecule has 2 aliphatic heterocycles. The van der Waals surface area contributed by atoms with E-state index in [4.69, 9.17) is 0 Å². The van der Waals surface area contributed by atoms with Gasteiger partial charge in [0.25, 0.3) is 5.56 Å². The second-order valence-electron chi connectivity index (χ2n) is 8.00. The molecule has 8 nitrogen and oxygen atoms in total. The lowest BCUT2D eigenvalue weighted by Crippen LogP contribution is -2.49. The molecule has 4 N–H and O–H groups in total. The molecule has 2 aromatic rings. The van der Waals surface area contributed by atoms with Crippen molar-refractivity contribution >= 4 is 5.91 Å². The Labute approximate surface area is 168 Å². The molecule has 8 heteroatoms. The molecule has 1 aromatic carbocycles.